The molecule has 11 heteroatoms. The van der Waals surface area contributed by atoms with E-state index in [4.69, 9.17) is 35.7 Å². The van der Waals surface area contributed by atoms with Crippen LogP contribution in [0.15, 0.2) is 88.9 Å². The molecule has 0 radical (unpaired) electrons. The van der Waals surface area contributed by atoms with Gasteiger partial charge in [-0.1, -0.05) is 53.2 Å². The average molecular weight is 538 g/mol. The lowest BCUT2D eigenvalue weighted by atomic mass is 9.88. The van der Waals surface area contributed by atoms with Gasteiger partial charge in [0.05, 0.1) is 40.9 Å². The van der Waals surface area contributed by atoms with Crippen molar-refractivity contribution in [1.29, 1.82) is 0 Å². The molecule has 0 bridgehead atoms. The zero-order valence-corrected chi connectivity index (χ0v) is 21.4. The summed E-state index contributed by atoms with van der Waals surface area (Å²) in [6.45, 7) is 2.01. The van der Waals surface area contributed by atoms with Gasteiger partial charge >= 0.3 is 0 Å². The third kappa shape index (κ3) is 4.02. The van der Waals surface area contributed by atoms with Crippen molar-refractivity contribution in [2.24, 2.45) is 5.16 Å². The van der Waals surface area contributed by atoms with Gasteiger partial charge in [0.2, 0.25) is 11.8 Å². The zero-order valence-electron chi connectivity index (χ0n) is 20.6. The van der Waals surface area contributed by atoms with Crippen molar-refractivity contribution >= 4 is 23.5 Å². The molecule has 10 nitrogen and oxygen atoms in total. The fraction of sp³-hybridized carbons (Fsp3) is 0.107. The van der Waals surface area contributed by atoms with Crippen molar-refractivity contribution in [1.82, 2.24) is 29.4 Å². The van der Waals surface area contributed by atoms with Crippen molar-refractivity contribution in [3.05, 3.63) is 118 Å². The second kappa shape index (κ2) is 9.41. The fourth-order valence-electron chi connectivity index (χ4n) is 4.74. The average Bonchev–Trinajstić information content (AvgIpc) is 3.71. The molecule has 5 heterocycles. The Labute approximate surface area is 227 Å². The van der Waals surface area contributed by atoms with E-state index in [9.17, 15) is 0 Å². The fourth-order valence-corrected chi connectivity index (χ4v) is 4.92. The minimum Gasteiger partial charge on any atom is -0.468 e. The Bertz CT molecular complexity index is 1830. The maximum Gasteiger partial charge on any atom is 0.230 e. The molecule has 0 saturated heterocycles. The monoisotopic (exact) mass is 537 g/mol. The van der Waals surface area contributed by atoms with Crippen molar-refractivity contribution < 1.29 is 14.0 Å². The minimum atomic E-state index is -0.358. The highest BCUT2D eigenvalue weighted by molar-refractivity contribution is 6.33. The first kappa shape index (κ1) is 23.2. The molecule has 2 aromatic carbocycles. The molecule has 4 aromatic heterocycles. The largest absolute Gasteiger partial charge is 0.468 e. The summed E-state index contributed by atoms with van der Waals surface area (Å²) in [5.41, 5.74) is 4.62. The standard InChI is InChI=1S/C28H20ClN7O3/c1-17-23-24(21-12-7-13-37-21)25-26-32-22(15-38-31-14-18-8-5-6-11-20(18)29)34-35(26)16-30-27(25)39-28(23)36(33-17)19-9-3-2-4-10-19/h2-14,16,24H,15H2,1H3/b31-14-. The minimum absolute atomic E-state index is 0.0555. The Morgan fingerprint density at radius 2 is 1.87 bits per heavy atom. The molecular weight excluding hydrogens is 518 g/mol. The molecule has 0 amide bonds. The van der Waals surface area contributed by atoms with Crippen LogP contribution in [-0.2, 0) is 11.4 Å². The highest BCUT2D eigenvalue weighted by atomic mass is 35.5. The first-order valence-electron chi connectivity index (χ1n) is 12.2. The number of aromatic nitrogens is 6. The Morgan fingerprint density at radius 3 is 2.69 bits per heavy atom. The molecule has 1 aliphatic heterocycles. The van der Waals surface area contributed by atoms with Gasteiger partial charge in [0.25, 0.3) is 0 Å². The molecular formula is C28H20ClN7O3. The van der Waals surface area contributed by atoms with Crippen molar-refractivity contribution in [3.63, 3.8) is 0 Å². The predicted molar refractivity (Wildman–Crippen MR) is 143 cm³/mol. The first-order chi connectivity index (χ1) is 19.2. The number of aryl methyl sites for hydroxylation is 1. The van der Waals surface area contributed by atoms with Crippen LogP contribution >= 0.6 is 11.6 Å². The van der Waals surface area contributed by atoms with Crippen LogP contribution in [0, 0.1) is 6.92 Å². The number of rotatable bonds is 6. The van der Waals surface area contributed by atoms with E-state index in [-0.39, 0.29) is 12.5 Å². The molecule has 0 N–H and O–H groups in total. The number of benzene rings is 2. The summed E-state index contributed by atoms with van der Waals surface area (Å²) in [5, 5.41) is 14.0. The second-order valence-electron chi connectivity index (χ2n) is 8.89. The van der Waals surface area contributed by atoms with E-state index in [1.807, 2.05) is 67.6 Å². The second-order valence-corrected chi connectivity index (χ2v) is 9.30. The SMILES string of the molecule is Cc1nn(-c2ccccc2)c2c1C(c1ccco1)c1c(ncn3nc(CO/N=C\c4ccccc4Cl)nc13)O2. The lowest BCUT2D eigenvalue weighted by molar-refractivity contribution is 0.126. The number of furan rings is 1. The van der Waals surface area contributed by atoms with E-state index in [0.717, 1.165) is 33.8 Å². The molecule has 7 rings (SSSR count). The van der Waals surface area contributed by atoms with E-state index in [2.05, 4.69) is 15.2 Å². The Hall–Kier alpha value is -4.96. The van der Waals surface area contributed by atoms with E-state index < -0.39 is 0 Å². The van der Waals surface area contributed by atoms with Crippen LogP contribution in [0.25, 0.3) is 11.3 Å². The summed E-state index contributed by atoms with van der Waals surface area (Å²) in [5.74, 6) is 1.79. The van der Waals surface area contributed by atoms with Gasteiger partial charge in [0.15, 0.2) is 18.1 Å². The van der Waals surface area contributed by atoms with Gasteiger partial charge in [-0.2, -0.15) is 5.10 Å². The summed E-state index contributed by atoms with van der Waals surface area (Å²) in [6, 6.07) is 21.0. The number of hydrogen-bond acceptors (Lipinski definition) is 8. The Kier molecular flexibility index (Phi) is 5.59. The molecule has 0 aliphatic carbocycles. The normalized spacial score (nSPS) is 14.4. The summed E-state index contributed by atoms with van der Waals surface area (Å²) >= 11 is 6.17. The van der Waals surface area contributed by atoms with Crippen molar-refractivity contribution in [3.8, 4) is 17.4 Å². The lowest BCUT2D eigenvalue weighted by Gasteiger charge is -2.24. The third-order valence-electron chi connectivity index (χ3n) is 6.46. The van der Waals surface area contributed by atoms with Crippen LogP contribution < -0.4 is 4.74 Å². The summed E-state index contributed by atoms with van der Waals surface area (Å²) < 4.78 is 15.7. The van der Waals surface area contributed by atoms with Gasteiger partial charge in [-0.05, 0) is 37.3 Å². The molecule has 1 atom stereocenters. The van der Waals surface area contributed by atoms with Gasteiger partial charge in [-0.15, -0.1) is 5.10 Å². The van der Waals surface area contributed by atoms with E-state index in [1.165, 1.54) is 0 Å². The third-order valence-corrected chi connectivity index (χ3v) is 6.80. The van der Waals surface area contributed by atoms with E-state index in [1.54, 1.807) is 34.1 Å². The quantitative estimate of drug-likeness (QED) is 0.198. The number of para-hydroxylation sites is 1. The molecule has 6 aromatic rings. The topological polar surface area (TPSA) is 105 Å². The van der Waals surface area contributed by atoms with Gasteiger partial charge < -0.3 is 14.0 Å². The van der Waals surface area contributed by atoms with Crippen molar-refractivity contribution in [2.45, 2.75) is 19.4 Å². The van der Waals surface area contributed by atoms with Crippen LogP contribution in [-0.4, -0.2) is 35.6 Å². The van der Waals surface area contributed by atoms with Gasteiger partial charge in [0, 0.05) is 10.6 Å². The molecule has 0 fully saturated rings. The Balaban J connectivity index is 1.28. The smallest absolute Gasteiger partial charge is 0.230 e. The lowest BCUT2D eigenvalue weighted by Crippen LogP contribution is -2.15. The zero-order chi connectivity index (χ0) is 26.3. The van der Waals surface area contributed by atoms with E-state index in [0.29, 0.717) is 28.3 Å². The molecule has 0 saturated carbocycles. The molecule has 1 aliphatic rings. The number of fused-ring (bicyclic) bond motifs is 4. The summed E-state index contributed by atoms with van der Waals surface area (Å²) in [6.07, 6.45) is 4.77. The molecule has 1 unspecified atom stereocenters. The molecule has 39 heavy (non-hydrogen) atoms. The molecule has 0 spiro atoms. The van der Waals surface area contributed by atoms with Crippen LogP contribution in [0.4, 0.5) is 0 Å². The summed E-state index contributed by atoms with van der Waals surface area (Å²) in [4.78, 5) is 14.8. The van der Waals surface area contributed by atoms with Gasteiger partial charge in [-0.3, -0.25) is 0 Å². The van der Waals surface area contributed by atoms with Crippen molar-refractivity contribution in [2.75, 3.05) is 0 Å². The van der Waals surface area contributed by atoms with Gasteiger partial charge in [-0.25, -0.2) is 19.2 Å². The number of nitrogens with zero attached hydrogens (tertiary/aromatic N) is 7. The summed E-state index contributed by atoms with van der Waals surface area (Å²) in [7, 11) is 0. The van der Waals surface area contributed by atoms with Crippen LogP contribution in [0.5, 0.6) is 11.8 Å². The Morgan fingerprint density at radius 1 is 1.03 bits per heavy atom. The molecule has 192 valence electrons. The highest BCUT2D eigenvalue weighted by Gasteiger charge is 2.39. The van der Waals surface area contributed by atoms with Crippen LogP contribution in [0.2, 0.25) is 5.02 Å². The number of hydrogen-bond donors (Lipinski definition) is 0. The number of ether oxygens (including phenoxy) is 1. The van der Waals surface area contributed by atoms with Gasteiger partial charge in [0.1, 0.15) is 12.1 Å². The maximum atomic E-state index is 6.39. The van der Waals surface area contributed by atoms with Crippen LogP contribution in [0.3, 0.4) is 0 Å². The first-order valence-corrected chi connectivity index (χ1v) is 12.6. The maximum absolute atomic E-state index is 6.39. The van der Waals surface area contributed by atoms with Crippen LogP contribution in [0.1, 0.15) is 39.9 Å². The predicted octanol–water partition coefficient (Wildman–Crippen LogP) is 5.70. The van der Waals surface area contributed by atoms with E-state index >= 15 is 0 Å². The highest BCUT2D eigenvalue weighted by Crippen LogP contribution is 2.49. The number of halogens is 1. The number of oxime groups is 1.